The zero-order valence-electron chi connectivity index (χ0n) is 16.0. The number of rotatable bonds is 6. The molecule has 4 heteroatoms. The van der Waals surface area contributed by atoms with Crippen LogP contribution in [0.5, 0.6) is 0 Å². The monoisotopic (exact) mass is 349 g/mol. The van der Waals surface area contributed by atoms with Crippen LogP contribution < -0.4 is 0 Å². The summed E-state index contributed by atoms with van der Waals surface area (Å²) in [7, 11) is 0. The first-order valence-electron chi connectivity index (χ1n) is 9.26. The third kappa shape index (κ3) is 3.79. The summed E-state index contributed by atoms with van der Waals surface area (Å²) in [5.74, 6) is 1.34. The number of aromatic nitrogens is 2. The molecule has 0 atom stereocenters. The van der Waals surface area contributed by atoms with E-state index in [9.17, 15) is 4.79 Å². The number of hydrogen-bond acceptors (Lipinski definition) is 2. The van der Waals surface area contributed by atoms with Crippen molar-refractivity contribution in [1.29, 1.82) is 0 Å². The third-order valence-corrected chi connectivity index (χ3v) is 4.63. The minimum Gasteiger partial charge on any atom is -0.334 e. The molecule has 0 unspecified atom stereocenters. The average Bonchev–Trinajstić information content (AvgIpc) is 2.99. The van der Waals surface area contributed by atoms with Gasteiger partial charge in [0.1, 0.15) is 12.4 Å². The molecule has 0 bridgehead atoms. The average molecular weight is 349 g/mol. The third-order valence-electron chi connectivity index (χ3n) is 4.63. The van der Waals surface area contributed by atoms with Gasteiger partial charge in [0.25, 0.3) is 0 Å². The van der Waals surface area contributed by atoms with E-state index >= 15 is 0 Å². The van der Waals surface area contributed by atoms with Gasteiger partial charge in [-0.2, -0.15) is 0 Å². The summed E-state index contributed by atoms with van der Waals surface area (Å²) in [6.45, 7) is 9.31. The number of hydrogen-bond donors (Lipinski definition) is 0. The molecule has 0 radical (unpaired) electrons. The second kappa shape index (κ2) is 7.73. The van der Waals surface area contributed by atoms with Gasteiger partial charge in [-0.05, 0) is 31.5 Å². The Hall–Kier alpha value is -2.62. The SMILES string of the molecule is CC(C)c1nc2ccccc2n1CC(=O)N(Cc1ccccc1)C(C)C. The van der Waals surface area contributed by atoms with Gasteiger partial charge in [-0.3, -0.25) is 4.79 Å². The van der Waals surface area contributed by atoms with E-state index in [1.165, 1.54) is 0 Å². The minimum atomic E-state index is 0.119. The summed E-state index contributed by atoms with van der Waals surface area (Å²) in [6.07, 6.45) is 0. The van der Waals surface area contributed by atoms with Crippen molar-refractivity contribution in [2.45, 2.75) is 52.7 Å². The summed E-state index contributed by atoms with van der Waals surface area (Å²) in [4.78, 5) is 19.8. The first kappa shape index (κ1) is 18.2. The molecule has 3 rings (SSSR count). The second-order valence-electron chi connectivity index (χ2n) is 7.30. The van der Waals surface area contributed by atoms with E-state index in [0.717, 1.165) is 22.4 Å². The molecular weight excluding hydrogens is 322 g/mol. The van der Waals surface area contributed by atoms with E-state index in [0.29, 0.717) is 13.1 Å². The maximum atomic E-state index is 13.2. The van der Waals surface area contributed by atoms with Gasteiger partial charge in [-0.15, -0.1) is 0 Å². The number of carbonyl (C=O) groups excluding carboxylic acids is 1. The molecule has 136 valence electrons. The Morgan fingerprint density at radius 2 is 1.65 bits per heavy atom. The van der Waals surface area contributed by atoms with E-state index in [4.69, 9.17) is 4.98 Å². The summed E-state index contributed by atoms with van der Waals surface area (Å²) < 4.78 is 2.07. The predicted molar refractivity (Wildman–Crippen MR) is 106 cm³/mol. The van der Waals surface area contributed by atoms with Gasteiger partial charge in [0.2, 0.25) is 5.91 Å². The quantitative estimate of drug-likeness (QED) is 0.652. The molecule has 0 spiro atoms. The van der Waals surface area contributed by atoms with Crippen LogP contribution in [0.1, 0.15) is 45.0 Å². The van der Waals surface area contributed by atoms with E-state index < -0.39 is 0 Å². The maximum absolute atomic E-state index is 13.2. The summed E-state index contributed by atoms with van der Waals surface area (Å²) in [5, 5.41) is 0. The highest BCUT2D eigenvalue weighted by Crippen LogP contribution is 2.22. The summed E-state index contributed by atoms with van der Waals surface area (Å²) in [5.41, 5.74) is 3.12. The molecular formula is C22H27N3O. The standard InChI is InChI=1S/C22H27N3O/c1-16(2)22-23-19-12-8-9-13-20(19)25(22)15-21(26)24(17(3)4)14-18-10-6-5-7-11-18/h5-13,16-17H,14-15H2,1-4H3. The molecule has 4 nitrogen and oxygen atoms in total. The summed E-state index contributed by atoms with van der Waals surface area (Å²) in [6, 6.07) is 18.3. The van der Waals surface area contributed by atoms with Crippen LogP contribution in [0.15, 0.2) is 54.6 Å². The van der Waals surface area contributed by atoms with Gasteiger partial charge in [0.15, 0.2) is 0 Å². The zero-order chi connectivity index (χ0) is 18.7. The lowest BCUT2D eigenvalue weighted by Gasteiger charge is -2.27. The Morgan fingerprint density at radius 3 is 2.31 bits per heavy atom. The largest absolute Gasteiger partial charge is 0.334 e. The molecule has 0 aliphatic rings. The van der Waals surface area contributed by atoms with Crippen molar-refractivity contribution in [3.63, 3.8) is 0 Å². The van der Waals surface area contributed by atoms with E-state index in [1.807, 2.05) is 47.4 Å². The van der Waals surface area contributed by atoms with Crippen molar-refractivity contribution in [2.24, 2.45) is 0 Å². The van der Waals surface area contributed by atoms with Crippen molar-refractivity contribution in [1.82, 2.24) is 14.5 Å². The van der Waals surface area contributed by atoms with Crippen molar-refractivity contribution in [3.8, 4) is 0 Å². The molecule has 0 aliphatic carbocycles. The normalized spacial score (nSPS) is 11.5. The van der Waals surface area contributed by atoms with Crippen LogP contribution in [0.25, 0.3) is 11.0 Å². The second-order valence-corrected chi connectivity index (χ2v) is 7.30. The Labute approximate surface area is 155 Å². The molecule has 2 aromatic carbocycles. The van der Waals surface area contributed by atoms with Crippen molar-refractivity contribution in [3.05, 3.63) is 66.0 Å². The maximum Gasteiger partial charge on any atom is 0.243 e. The number of amides is 1. The van der Waals surface area contributed by atoms with Gasteiger partial charge >= 0.3 is 0 Å². The molecule has 0 fully saturated rings. The Bertz CT molecular complexity index is 881. The Morgan fingerprint density at radius 1 is 1.00 bits per heavy atom. The van der Waals surface area contributed by atoms with Crippen molar-refractivity contribution < 1.29 is 4.79 Å². The molecule has 0 N–H and O–H groups in total. The molecule has 0 aliphatic heterocycles. The molecule has 26 heavy (non-hydrogen) atoms. The number of nitrogens with zero attached hydrogens (tertiary/aromatic N) is 3. The van der Waals surface area contributed by atoms with Crippen LogP contribution in [0.3, 0.4) is 0 Å². The minimum absolute atomic E-state index is 0.119. The zero-order valence-corrected chi connectivity index (χ0v) is 16.0. The number of imidazole rings is 1. The smallest absolute Gasteiger partial charge is 0.243 e. The topological polar surface area (TPSA) is 38.1 Å². The van der Waals surface area contributed by atoms with Crippen molar-refractivity contribution in [2.75, 3.05) is 0 Å². The van der Waals surface area contributed by atoms with Crippen LogP contribution in [-0.2, 0) is 17.9 Å². The number of para-hydroxylation sites is 2. The fraction of sp³-hybridized carbons (Fsp3) is 0.364. The lowest BCUT2D eigenvalue weighted by Crippen LogP contribution is -2.38. The van der Waals surface area contributed by atoms with Gasteiger partial charge in [0, 0.05) is 18.5 Å². The lowest BCUT2D eigenvalue weighted by molar-refractivity contribution is -0.134. The fourth-order valence-electron chi connectivity index (χ4n) is 3.27. The van der Waals surface area contributed by atoms with Crippen LogP contribution >= 0.6 is 0 Å². The predicted octanol–water partition coefficient (Wildman–Crippen LogP) is 4.60. The number of benzene rings is 2. The fourth-order valence-corrected chi connectivity index (χ4v) is 3.27. The van der Waals surface area contributed by atoms with Crippen LogP contribution in [-0.4, -0.2) is 26.4 Å². The van der Waals surface area contributed by atoms with Gasteiger partial charge in [-0.25, -0.2) is 4.98 Å². The van der Waals surface area contributed by atoms with Gasteiger partial charge in [0.05, 0.1) is 11.0 Å². The first-order chi connectivity index (χ1) is 12.5. The first-order valence-corrected chi connectivity index (χ1v) is 9.26. The van der Waals surface area contributed by atoms with Gasteiger partial charge < -0.3 is 9.47 Å². The molecule has 3 aromatic rings. The van der Waals surface area contributed by atoms with Crippen molar-refractivity contribution >= 4 is 16.9 Å². The molecule has 1 heterocycles. The molecule has 1 aromatic heterocycles. The Kier molecular flexibility index (Phi) is 5.40. The highest BCUT2D eigenvalue weighted by atomic mass is 16.2. The van der Waals surface area contributed by atoms with Crippen LogP contribution in [0, 0.1) is 0 Å². The Balaban J connectivity index is 1.90. The molecule has 1 amide bonds. The van der Waals surface area contributed by atoms with E-state index in [1.54, 1.807) is 0 Å². The number of fused-ring (bicyclic) bond motifs is 1. The lowest BCUT2D eigenvalue weighted by atomic mass is 10.2. The molecule has 0 saturated carbocycles. The van der Waals surface area contributed by atoms with E-state index in [2.05, 4.69) is 44.4 Å². The highest BCUT2D eigenvalue weighted by Gasteiger charge is 2.21. The number of carbonyl (C=O) groups is 1. The van der Waals surface area contributed by atoms with Crippen LogP contribution in [0.2, 0.25) is 0 Å². The van der Waals surface area contributed by atoms with Crippen LogP contribution in [0.4, 0.5) is 0 Å². The highest BCUT2D eigenvalue weighted by molar-refractivity contribution is 5.81. The van der Waals surface area contributed by atoms with Gasteiger partial charge in [-0.1, -0.05) is 56.3 Å². The van der Waals surface area contributed by atoms with E-state index in [-0.39, 0.29) is 17.9 Å². The summed E-state index contributed by atoms with van der Waals surface area (Å²) >= 11 is 0. The molecule has 0 saturated heterocycles.